The maximum atomic E-state index is 13.1. The number of ether oxygens (including phenoxy) is 1. The van der Waals surface area contributed by atoms with Gasteiger partial charge in [-0.25, -0.2) is 4.79 Å². The van der Waals surface area contributed by atoms with E-state index in [1.165, 1.54) is 0 Å². The molecule has 172 valence electrons. The molecule has 0 amide bonds. The summed E-state index contributed by atoms with van der Waals surface area (Å²) < 4.78 is 6.16. The minimum atomic E-state index is -0.950. The van der Waals surface area contributed by atoms with Gasteiger partial charge in [0.05, 0.1) is 11.0 Å². The highest BCUT2D eigenvalue weighted by Crippen LogP contribution is 2.75. The largest absolute Gasteiger partial charge is 0.481 e. The van der Waals surface area contributed by atoms with Crippen LogP contribution in [0, 0.1) is 33.5 Å². The Morgan fingerprint density at radius 1 is 1.03 bits per heavy atom. The van der Waals surface area contributed by atoms with Gasteiger partial charge in [-0.05, 0) is 74.3 Å². The maximum absolute atomic E-state index is 13.1. The summed E-state index contributed by atoms with van der Waals surface area (Å²) in [6, 6.07) is 8.92. The molecule has 0 radical (unpaired) electrons. The van der Waals surface area contributed by atoms with Gasteiger partial charge in [0.25, 0.3) is 0 Å². The summed E-state index contributed by atoms with van der Waals surface area (Å²) in [5, 5.41) is 10.4. The van der Waals surface area contributed by atoms with Crippen molar-refractivity contribution < 1.29 is 24.2 Å². The lowest BCUT2D eigenvalue weighted by Gasteiger charge is -2.67. The van der Waals surface area contributed by atoms with Crippen molar-refractivity contribution in [3.05, 3.63) is 35.9 Å². The van der Waals surface area contributed by atoms with Gasteiger partial charge in [-0.2, -0.15) is 0 Å². The van der Waals surface area contributed by atoms with Crippen LogP contribution in [0.5, 0.6) is 0 Å². The maximum Gasteiger partial charge on any atom is 0.338 e. The van der Waals surface area contributed by atoms with Crippen LogP contribution < -0.4 is 0 Å². The van der Waals surface area contributed by atoms with Crippen molar-refractivity contribution in [2.75, 3.05) is 0 Å². The van der Waals surface area contributed by atoms with Crippen molar-refractivity contribution >= 4 is 17.7 Å². The number of carboxylic acid groups (broad SMARTS) is 1. The van der Waals surface area contributed by atoms with Gasteiger partial charge in [-0.1, -0.05) is 38.5 Å². The Hall–Kier alpha value is -2.17. The molecule has 5 rings (SSSR count). The molecule has 7 atom stereocenters. The first-order valence-electron chi connectivity index (χ1n) is 12.1. The summed E-state index contributed by atoms with van der Waals surface area (Å²) in [6.07, 6.45) is 5.72. The molecule has 1 aromatic rings. The molecule has 0 unspecified atom stereocenters. The number of carbonyl (C=O) groups excluding carboxylic acids is 2. The molecule has 4 aliphatic rings. The van der Waals surface area contributed by atoms with Gasteiger partial charge < -0.3 is 9.84 Å². The summed E-state index contributed by atoms with van der Waals surface area (Å²) in [5.41, 5.74) is -1.08. The average molecular weight is 439 g/mol. The highest BCUT2D eigenvalue weighted by molar-refractivity contribution is 5.89. The Morgan fingerprint density at radius 3 is 2.44 bits per heavy atom. The van der Waals surface area contributed by atoms with E-state index in [2.05, 4.69) is 13.8 Å². The highest BCUT2D eigenvalue weighted by atomic mass is 16.5. The number of fused-ring (bicyclic) bond motifs is 2. The van der Waals surface area contributed by atoms with Crippen LogP contribution in [-0.2, 0) is 14.3 Å². The van der Waals surface area contributed by atoms with Gasteiger partial charge in [-0.3, -0.25) is 9.59 Å². The third-order valence-corrected chi connectivity index (χ3v) is 10.3. The first kappa shape index (κ1) is 21.7. The molecule has 0 aliphatic heterocycles. The predicted octanol–water partition coefficient (Wildman–Crippen LogP) is 5.28. The summed E-state index contributed by atoms with van der Waals surface area (Å²) in [7, 11) is 0. The summed E-state index contributed by atoms with van der Waals surface area (Å²) in [5.74, 6) is -0.970. The summed E-state index contributed by atoms with van der Waals surface area (Å²) in [4.78, 5) is 38.8. The quantitative estimate of drug-likeness (QED) is 0.650. The minimum absolute atomic E-state index is 0.0485. The third-order valence-electron chi connectivity index (χ3n) is 10.3. The Kier molecular flexibility index (Phi) is 4.68. The van der Waals surface area contributed by atoms with Crippen molar-refractivity contribution in [3.63, 3.8) is 0 Å². The number of carbonyl (C=O) groups is 3. The normalized spacial score (nSPS) is 45.0. The van der Waals surface area contributed by atoms with Crippen LogP contribution in [0.3, 0.4) is 0 Å². The molecule has 0 saturated heterocycles. The molecule has 1 N–H and O–H groups in total. The van der Waals surface area contributed by atoms with Crippen molar-refractivity contribution in [2.45, 2.75) is 78.2 Å². The van der Waals surface area contributed by atoms with Crippen LogP contribution in [0.15, 0.2) is 30.3 Å². The fourth-order valence-corrected chi connectivity index (χ4v) is 8.66. The van der Waals surface area contributed by atoms with Gasteiger partial charge in [0.2, 0.25) is 0 Å². The lowest BCUT2D eigenvalue weighted by molar-refractivity contribution is -0.224. The Morgan fingerprint density at radius 2 is 1.75 bits per heavy atom. The molecule has 4 aliphatic carbocycles. The molecule has 4 fully saturated rings. The number of Topliss-reactive ketones (excluding diaryl/α,β-unsaturated/α-hetero) is 1. The van der Waals surface area contributed by atoms with Crippen LogP contribution in [0.25, 0.3) is 0 Å². The molecule has 2 bridgehead atoms. The molecule has 0 heterocycles. The Balaban J connectivity index is 1.59. The predicted molar refractivity (Wildman–Crippen MR) is 119 cm³/mol. The zero-order valence-corrected chi connectivity index (χ0v) is 19.4. The minimum Gasteiger partial charge on any atom is -0.481 e. The third kappa shape index (κ3) is 2.72. The zero-order valence-electron chi connectivity index (χ0n) is 19.4. The van der Waals surface area contributed by atoms with Crippen molar-refractivity contribution in [1.82, 2.24) is 0 Å². The van der Waals surface area contributed by atoms with E-state index in [4.69, 9.17) is 4.74 Å². The van der Waals surface area contributed by atoms with Crippen molar-refractivity contribution in [1.29, 1.82) is 0 Å². The molecule has 0 aromatic heterocycles. The van der Waals surface area contributed by atoms with Crippen LogP contribution in [0.4, 0.5) is 0 Å². The van der Waals surface area contributed by atoms with E-state index < -0.39 is 23.5 Å². The van der Waals surface area contributed by atoms with Crippen LogP contribution in [-0.4, -0.2) is 28.9 Å². The van der Waals surface area contributed by atoms with Gasteiger partial charge in [0.1, 0.15) is 11.9 Å². The number of aliphatic carboxylic acids is 1. The summed E-state index contributed by atoms with van der Waals surface area (Å²) in [6.45, 7) is 6.23. The van der Waals surface area contributed by atoms with Gasteiger partial charge in [0, 0.05) is 17.8 Å². The topological polar surface area (TPSA) is 80.7 Å². The second kappa shape index (κ2) is 6.91. The lowest BCUT2D eigenvalue weighted by Crippen LogP contribution is -2.66. The smallest absolute Gasteiger partial charge is 0.338 e. The molecular weight excluding hydrogens is 404 g/mol. The van der Waals surface area contributed by atoms with E-state index in [0.717, 1.165) is 32.1 Å². The second-order valence-electron chi connectivity index (χ2n) is 11.7. The van der Waals surface area contributed by atoms with Crippen LogP contribution in [0.1, 0.15) is 82.5 Å². The van der Waals surface area contributed by atoms with Crippen molar-refractivity contribution in [2.24, 2.45) is 33.5 Å². The lowest BCUT2D eigenvalue weighted by atomic mass is 9.37. The average Bonchev–Trinajstić information content (AvgIpc) is 3.08. The SMILES string of the molecule is C[C@@]12CC[C@]3(C1)[C@H](CC2=O)C[C@@H](OC(=O)c1ccccc1)[C@H]1[C@](C)(C(=O)O)CCC[C@@]13C. The molecule has 5 nitrogen and oxygen atoms in total. The van der Waals surface area contributed by atoms with Crippen molar-refractivity contribution in [3.8, 4) is 0 Å². The number of rotatable bonds is 3. The standard InChI is InChI=1S/C27H34O5/c1-24-12-13-27(16-24)18(15-20(24)28)14-19(32-22(29)17-8-5-4-6-9-17)21-25(2,23(30)31)10-7-11-26(21,27)3/h4-6,8-9,18-19,21H,7,10-16H2,1-3H3,(H,30,31)/t18-,19+,21-,24+,25+,26-,27-/m0/s1. The number of carboxylic acids is 1. The fourth-order valence-electron chi connectivity index (χ4n) is 8.66. The fraction of sp³-hybridized carbons (Fsp3) is 0.667. The number of hydrogen-bond donors (Lipinski definition) is 1. The van der Waals surface area contributed by atoms with Crippen LogP contribution in [0.2, 0.25) is 0 Å². The van der Waals surface area contributed by atoms with E-state index in [1.807, 2.05) is 13.0 Å². The van der Waals surface area contributed by atoms with E-state index in [1.54, 1.807) is 24.3 Å². The Labute approximate surface area is 189 Å². The first-order valence-corrected chi connectivity index (χ1v) is 12.1. The van der Waals surface area contributed by atoms with Gasteiger partial charge in [0.15, 0.2) is 0 Å². The highest BCUT2D eigenvalue weighted by Gasteiger charge is 2.73. The second-order valence-corrected chi connectivity index (χ2v) is 11.7. The molecule has 1 spiro atoms. The van der Waals surface area contributed by atoms with Gasteiger partial charge >= 0.3 is 11.9 Å². The number of hydrogen-bond acceptors (Lipinski definition) is 4. The van der Waals surface area contributed by atoms with E-state index in [9.17, 15) is 19.5 Å². The zero-order chi connectivity index (χ0) is 22.9. The molecule has 32 heavy (non-hydrogen) atoms. The Bertz CT molecular complexity index is 972. The van der Waals surface area contributed by atoms with E-state index in [-0.39, 0.29) is 28.1 Å². The summed E-state index contributed by atoms with van der Waals surface area (Å²) >= 11 is 0. The molecule has 5 heteroatoms. The molecule has 1 aromatic carbocycles. The molecule has 4 saturated carbocycles. The van der Waals surface area contributed by atoms with Gasteiger partial charge in [-0.15, -0.1) is 0 Å². The van der Waals surface area contributed by atoms with E-state index in [0.29, 0.717) is 30.6 Å². The van der Waals surface area contributed by atoms with E-state index >= 15 is 0 Å². The van der Waals surface area contributed by atoms with Crippen LogP contribution >= 0.6 is 0 Å². The number of benzene rings is 1. The number of ketones is 1. The monoisotopic (exact) mass is 438 g/mol. The first-order chi connectivity index (χ1) is 15.1. The number of esters is 1. The molecular formula is C27H34O5.